The molecule has 0 aliphatic carbocycles. The standard InChI is InChI=1S/C22H14ClF3N4O3/c23-13-6-8-16(9-7-13)30-19(22(24,25)26)17(12-27-30)20(31)28-14-3-1-4-15(11-14)29-21(32)18-5-2-10-33-18/h1-12H,(H,28,31)(H,29,32). The van der Waals surface area contributed by atoms with Gasteiger partial charge in [0.05, 0.1) is 23.7 Å². The number of aromatic nitrogens is 2. The van der Waals surface area contributed by atoms with Crippen LogP contribution in [0.25, 0.3) is 5.69 Å². The van der Waals surface area contributed by atoms with E-state index in [1.165, 1.54) is 54.8 Å². The first-order chi connectivity index (χ1) is 15.7. The summed E-state index contributed by atoms with van der Waals surface area (Å²) in [6.45, 7) is 0. The highest BCUT2D eigenvalue weighted by molar-refractivity contribution is 6.30. The minimum atomic E-state index is -4.86. The van der Waals surface area contributed by atoms with Gasteiger partial charge < -0.3 is 15.1 Å². The van der Waals surface area contributed by atoms with E-state index in [2.05, 4.69) is 15.7 Å². The van der Waals surface area contributed by atoms with Crippen molar-refractivity contribution in [1.29, 1.82) is 0 Å². The van der Waals surface area contributed by atoms with E-state index < -0.39 is 29.2 Å². The number of hydrogen-bond acceptors (Lipinski definition) is 4. The molecule has 0 aliphatic heterocycles. The number of rotatable bonds is 5. The molecule has 7 nitrogen and oxygen atoms in total. The molecule has 4 aromatic rings. The molecule has 0 saturated carbocycles. The Morgan fingerprint density at radius 3 is 2.21 bits per heavy atom. The summed E-state index contributed by atoms with van der Waals surface area (Å²) in [5.41, 5.74) is -1.33. The average Bonchev–Trinajstić information content (AvgIpc) is 3.45. The highest BCUT2D eigenvalue weighted by Gasteiger charge is 2.40. The van der Waals surface area contributed by atoms with Crippen molar-refractivity contribution in [1.82, 2.24) is 9.78 Å². The maximum atomic E-state index is 13.8. The zero-order valence-corrected chi connectivity index (χ0v) is 17.3. The summed E-state index contributed by atoms with van der Waals surface area (Å²) in [6, 6.07) is 14.5. The topological polar surface area (TPSA) is 89.2 Å². The van der Waals surface area contributed by atoms with E-state index in [0.717, 1.165) is 6.20 Å². The van der Waals surface area contributed by atoms with Gasteiger partial charge in [-0.05, 0) is 54.6 Å². The van der Waals surface area contributed by atoms with Gasteiger partial charge >= 0.3 is 6.18 Å². The lowest BCUT2D eigenvalue weighted by Gasteiger charge is -2.13. The number of furan rings is 1. The zero-order valence-electron chi connectivity index (χ0n) is 16.6. The van der Waals surface area contributed by atoms with E-state index in [0.29, 0.717) is 15.4 Å². The second kappa shape index (κ2) is 8.83. The minimum Gasteiger partial charge on any atom is -0.459 e. The SMILES string of the molecule is O=C(Nc1cccc(NC(=O)c2cnn(-c3ccc(Cl)cc3)c2C(F)(F)F)c1)c1ccco1. The number of carbonyl (C=O) groups is 2. The number of anilines is 2. The Balaban J connectivity index is 1.59. The van der Waals surface area contributed by atoms with Crippen LogP contribution < -0.4 is 10.6 Å². The van der Waals surface area contributed by atoms with Crippen LogP contribution in [0, 0.1) is 0 Å². The minimum absolute atomic E-state index is 0.0777. The third kappa shape index (κ3) is 4.90. The lowest BCUT2D eigenvalue weighted by atomic mass is 10.2. The predicted octanol–water partition coefficient (Wildman–Crippen LogP) is 5.64. The molecule has 0 saturated heterocycles. The molecule has 0 bridgehead atoms. The number of nitrogens with zero attached hydrogens (tertiary/aromatic N) is 2. The molecule has 4 rings (SSSR count). The lowest BCUT2D eigenvalue weighted by Crippen LogP contribution is -2.20. The van der Waals surface area contributed by atoms with Crippen LogP contribution in [0.15, 0.2) is 77.5 Å². The lowest BCUT2D eigenvalue weighted by molar-refractivity contribution is -0.143. The van der Waals surface area contributed by atoms with Crippen LogP contribution in [0.1, 0.15) is 26.6 Å². The van der Waals surface area contributed by atoms with Crippen molar-refractivity contribution in [3.63, 3.8) is 0 Å². The van der Waals surface area contributed by atoms with Crippen molar-refractivity contribution in [2.75, 3.05) is 10.6 Å². The highest BCUT2D eigenvalue weighted by atomic mass is 35.5. The van der Waals surface area contributed by atoms with Gasteiger partial charge in [0.1, 0.15) is 0 Å². The third-order valence-electron chi connectivity index (χ3n) is 4.48. The van der Waals surface area contributed by atoms with Gasteiger partial charge in [0.15, 0.2) is 11.5 Å². The van der Waals surface area contributed by atoms with Crippen molar-refractivity contribution < 1.29 is 27.2 Å². The maximum Gasteiger partial charge on any atom is 0.434 e. The van der Waals surface area contributed by atoms with Gasteiger partial charge in [-0.3, -0.25) is 9.59 Å². The Hall–Kier alpha value is -4.05. The molecule has 33 heavy (non-hydrogen) atoms. The summed E-state index contributed by atoms with van der Waals surface area (Å²) in [5.74, 6) is -1.46. The molecule has 2 aromatic carbocycles. The van der Waals surface area contributed by atoms with Gasteiger partial charge in [-0.15, -0.1) is 0 Å². The molecule has 0 unspecified atom stereocenters. The van der Waals surface area contributed by atoms with Crippen molar-refractivity contribution in [2.45, 2.75) is 6.18 Å². The van der Waals surface area contributed by atoms with Gasteiger partial charge in [0, 0.05) is 16.4 Å². The van der Waals surface area contributed by atoms with E-state index in [4.69, 9.17) is 16.0 Å². The normalized spacial score (nSPS) is 11.3. The zero-order chi connectivity index (χ0) is 23.6. The fourth-order valence-corrected chi connectivity index (χ4v) is 3.17. The predicted molar refractivity (Wildman–Crippen MR) is 115 cm³/mol. The smallest absolute Gasteiger partial charge is 0.434 e. The second-order valence-electron chi connectivity index (χ2n) is 6.76. The van der Waals surface area contributed by atoms with Gasteiger partial charge in [0.2, 0.25) is 0 Å². The van der Waals surface area contributed by atoms with Crippen molar-refractivity contribution in [2.24, 2.45) is 0 Å². The molecule has 0 atom stereocenters. The molecular weight excluding hydrogens is 461 g/mol. The molecule has 0 aliphatic rings. The molecule has 2 aromatic heterocycles. The molecule has 0 fully saturated rings. The quantitative estimate of drug-likeness (QED) is 0.391. The van der Waals surface area contributed by atoms with Crippen molar-refractivity contribution in [3.8, 4) is 5.69 Å². The van der Waals surface area contributed by atoms with Crippen molar-refractivity contribution in [3.05, 3.63) is 95.2 Å². The van der Waals surface area contributed by atoms with Gasteiger partial charge in [-0.25, -0.2) is 4.68 Å². The molecular formula is C22H14ClF3N4O3. The first-order valence-electron chi connectivity index (χ1n) is 9.40. The summed E-state index contributed by atoms with van der Waals surface area (Å²) < 4.78 is 47.1. The fourth-order valence-electron chi connectivity index (χ4n) is 3.04. The van der Waals surface area contributed by atoms with E-state index in [1.807, 2.05) is 0 Å². The summed E-state index contributed by atoms with van der Waals surface area (Å²) >= 11 is 5.80. The average molecular weight is 475 g/mol. The number of amides is 2. The summed E-state index contributed by atoms with van der Waals surface area (Å²) in [6.07, 6.45) is -2.68. The molecule has 168 valence electrons. The van der Waals surface area contributed by atoms with Crippen molar-refractivity contribution >= 4 is 34.8 Å². The molecule has 11 heteroatoms. The van der Waals surface area contributed by atoms with Crippen LogP contribution in [0.3, 0.4) is 0 Å². The number of carbonyl (C=O) groups excluding carboxylic acids is 2. The van der Waals surface area contributed by atoms with Crippen LogP contribution in [-0.2, 0) is 6.18 Å². The first kappa shape index (κ1) is 22.2. The van der Waals surface area contributed by atoms with E-state index in [1.54, 1.807) is 12.1 Å². The van der Waals surface area contributed by atoms with Gasteiger partial charge in [-0.1, -0.05) is 17.7 Å². The van der Waals surface area contributed by atoms with Crippen LogP contribution >= 0.6 is 11.6 Å². The Labute approximate surface area is 189 Å². The summed E-state index contributed by atoms with van der Waals surface area (Å²) in [5, 5.41) is 9.08. The molecule has 0 spiro atoms. The van der Waals surface area contributed by atoms with Gasteiger partial charge in [0.25, 0.3) is 11.8 Å². The summed E-state index contributed by atoms with van der Waals surface area (Å²) in [7, 11) is 0. The van der Waals surface area contributed by atoms with Gasteiger partial charge in [-0.2, -0.15) is 18.3 Å². The molecule has 0 radical (unpaired) electrons. The first-order valence-corrected chi connectivity index (χ1v) is 9.77. The number of nitrogens with one attached hydrogen (secondary N) is 2. The highest BCUT2D eigenvalue weighted by Crippen LogP contribution is 2.34. The van der Waals surface area contributed by atoms with Crippen LogP contribution in [0.4, 0.5) is 24.5 Å². The summed E-state index contributed by atoms with van der Waals surface area (Å²) in [4.78, 5) is 24.8. The van der Waals surface area contributed by atoms with Crippen LogP contribution in [0.2, 0.25) is 5.02 Å². The Kier molecular flexibility index (Phi) is 5.93. The van der Waals surface area contributed by atoms with Crippen LogP contribution in [0.5, 0.6) is 0 Å². The molecule has 2 N–H and O–H groups in total. The maximum absolute atomic E-state index is 13.8. The van der Waals surface area contributed by atoms with E-state index in [9.17, 15) is 22.8 Å². The largest absolute Gasteiger partial charge is 0.459 e. The number of halogens is 4. The number of alkyl halides is 3. The molecule has 2 amide bonds. The third-order valence-corrected chi connectivity index (χ3v) is 4.73. The second-order valence-corrected chi connectivity index (χ2v) is 7.20. The Morgan fingerprint density at radius 2 is 1.61 bits per heavy atom. The number of hydrogen-bond donors (Lipinski definition) is 2. The van der Waals surface area contributed by atoms with Crippen LogP contribution in [-0.4, -0.2) is 21.6 Å². The van der Waals surface area contributed by atoms with E-state index >= 15 is 0 Å². The Bertz CT molecular complexity index is 1300. The van der Waals surface area contributed by atoms with E-state index in [-0.39, 0.29) is 17.1 Å². The fraction of sp³-hybridized carbons (Fsp3) is 0.0455. The number of benzene rings is 2. The molecule has 2 heterocycles. The Morgan fingerprint density at radius 1 is 0.939 bits per heavy atom. The monoisotopic (exact) mass is 474 g/mol.